The summed E-state index contributed by atoms with van der Waals surface area (Å²) < 4.78 is 11.2. The molecule has 1 amide bonds. The fourth-order valence-corrected chi connectivity index (χ4v) is 4.57. The molecule has 0 radical (unpaired) electrons. The van der Waals surface area contributed by atoms with Gasteiger partial charge in [0.2, 0.25) is 5.91 Å². The number of nitrogens with one attached hydrogen (secondary N) is 2. The minimum Gasteiger partial charge on any atom is -0.493 e. The highest BCUT2D eigenvalue weighted by molar-refractivity contribution is 6.30. The minimum absolute atomic E-state index is 0.159. The van der Waals surface area contributed by atoms with E-state index in [4.69, 9.17) is 26.1 Å². The molecule has 0 aliphatic carbocycles. The van der Waals surface area contributed by atoms with Gasteiger partial charge in [-0.15, -0.1) is 0 Å². The number of nitrogens with zero attached hydrogens (tertiary/aromatic N) is 4. The van der Waals surface area contributed by atoms with E-state index in [0.717, 1.165) is 11.3 Å². The van der Waals surface area contributed by atoms with E-state index in [0.29, 0.717) is 65.3 Å². The number of anilines is 2. The summed E-state index contributed by atoms with van der Waals surface area (Å²) in [6.45, 7) is 4.23. The number of methoxy groups -OCH3 is 1. The van der Waals surface area contributed by atoms with Gasteiger partial charge in [0.25, 0.3) is 0 Å². The molecule has 0 saturated carbocycles. The first-order chi connectivity index (χ1) is 18.1. The van der Waals surface area contributed by atoms with Crippen LogP contribution in [0.1, 0.15) is 6.92 Å². The van der Waals surface area contributed by atoms with Gasteiger partial charge in [-0.3, -0.25) is 4.79 Å². The van der Waals surface area contributed by atoms with Crippen molar-refractivity contribution in [3.8, 4) is 22.8 Å². The van der Waals surface area contributed by atoms with Gasteiger partial charge in [0, 0.05) is 35.9 Å². The first-order valence-corrected chi connectivity index (χ1v) is 12.4. The van der Waals surface area contributed by atoms with Gasteiger partial charge in [0.05, 0.1) is 24.9 Å². The predicted octanol–water partition coefficient (Wildman–Crippen LogP) is 4.17. The van der Waals surface area contributed by atoms with Gasteiger partial charge in [-0.05, 0) is 55.5 Å². The van der Waals surface area contributed by atoms with Crippen molar-refractivity contribution in [2.24, 2.45) is 0 Å². The Bertz CT molecular complexity index is 1430. The van der Waals surface area contributed by atoms with Crippen LogP contribution < -0.4 is 25.0 Å². The maximum absolute atomic E-state index is 13.3. The van der Waals surface area contributed by atoms with E-state index in [1.165, 1.54) is 6.33 Å². The van der Waals surface area contributed by atoms with Crippen LogP contribution in [0.15, 0.2) is 60.9 Å². The average molecular weight is 519 g/mol. The average Bonchev–Trinajstić information content (AvgIpc) is 2.93. The summed E-state index contributed by atoms with van der Waals surface area (Å²) in [7, 11) is 1.61. The van der Waals surface area contributed by atoms with Crippen LogP contribution in [0.25, 0.3) is 22.3 Å². The van der Waals surface area contributed by atoms with Gasteiger partial charge in [0.1, 0.15) is 17.9 Å². The van der Waals surface area contributed by atoms with Gasteiger partial charge in [0.15, 0.2) is 17.3 Å². The molecule has 37 heavy (non-hydrogen) atoms. The highest BCUT2D eigenvalue weighted by atomic mass is 35.5. The second-order valence-corrected chi connectivity index (χ2v) is 8.91. The van der Waals surface area contributed by atoms with Crippen molar-refractivity contribution in [2.75, 3.05) is 43.6 Å². The Morgan fingerprint density at radius 1 is 1.16 bits per heavy atom. The van der Waals surface area contributed by atoms with Crippen molar-refractivity contribution < 1.29 is 14.3 Å². The number of hydrogen-bond acceptors (Lipinski definition) is 8. The largest absolute Gasteiger partial charge is 0.493 e. The summed E-state index contributed by atoms with van der Waals surface area (Å²) in [5.41, 5.74) is 3.56. The molecule has 4 aromatic rings. The van der Waals surface area contributed by atoms with Gasteiger partial charge >= 0.3 is 0 Å². The number of carbonyl (C=O) groups is 1. The summed E-state index contributed by atoms with van der Waals surface area (Å²) in [4.78, 5) is 29.2. The molecule has 0 spiro atoms. The molecule has 0 bridgehead atoms. The van der Waals surface area contributed by atoms with Crippen molar-refractivity contribution >= 4 is 40.0 Å². The molecule has 1 atom stereocenters. The van der Waals surface area contributed by atoms with Crippen LogP contribution >= 0.6 is 11.6 Å². The molecule has 10 heteroatoms. The first-order valence-electron chi connectivity index (χ1n) is 12.0. The molecule has 1 unspecified atom stereocenters. The summed E-state index contributed by atoms with van der Waals surface area (Å²) in [5, 5.41) is 6.84. The number of hydrogen-bond donors (Lipinski definition) is 2. The predicted molar refractivity (Wildman–Crippen MR) is 145 cm³/mol. The van der Waals surface area contributed by atoms with E-state index in [9.17, 15) is 4.79 Å². The van der Waals surface area contributed by atoms with Crippen LogP contribution in [0.4, 0.5) is 11.5 Å². The van der Waals surface area contributed by atoms with Crippen LogP contribution in [0, 0.1) is 0 Å². The molecule has 3 heterocycles. The van der Waals surface area contributed by atoms with E-state index in [2.05, 4.69) is 20.6 Å². The first kappa shape index (κ1) is 24.7. The SMILES string of the molecule is CCOc1ccc(-c2ccc3ncnc(N4CCNCC4C(=O)Nc4cccc(Cl)c4)c3n2)cc1OC. The van der Waals surface area contributed by atoms with Crippen molar-refractivity contribution in [1.82, 2.24) is 20.3 Å². The Morgan fingerprint density at radius 3 is 2.86 bits per heavy atom. The number of pyridine rings is 1. The third-order valence-electron chi connectivity index (χ3n) is 6.13. The van der Waals surface area contributed by atoms with Crippen LogP contribution in [-0.4, -0.2) is 60.3 Å². The second kappa shape index (κ2) is 11.0. The van der Waals surface area contributed by atoms with Crippen LogP contribution in [0.5, 0.6) is 11.5 Å². The number of fused-ring (bicyclic) bond motifs is 1. The molecular weight excluding hydrogens is 492 g/mol. The zero-order chi connectivity index (χ0) is 25.8. The highest BCUT2D eigenvalue weighted by Crippen LogP contribution is 2.33. The summed E-state index contributed by atoms with van der Waals surface area (Å²) in [5.74, 6) is 1.75. The van der Waals surface area contributed by atoms with Gasteiger partial charge in [-0.2, -0.15) is 0 Å². The van der Waals surface area contributed by atoms with Crippen molar-refractivity contribution in [1.29, 1.82) is 0 Å². The van der Waals surface area contributed by atoms with Crippen molar-refractivity contribution in [3.05, 3.63) is 65.9 Å². The van der Waals surface area contributed by atoms with Crippen LogP contribution in [0.3, 0.4) is 0 Å². The normalized spacial score (nSPS) is 15.4. The van der Waals surface area contributed by atoms with Crippen molar-refractivity contribution in [3.63, 3.8) is 0 Å². The third kappa shape index (κ3) is 5.28. The number of piperazine rings is 1. The molecule has 2 N–H and O–H groups in total. The quantitative estimate of drug-likeness (QED) is 0.376. The number of halogens is 1. The number of aromatic nitrogens is 3. The monoisotopic (exact) mass is 518 g/mol. The molecule has 2 aromatic heterocycles. The number of ether oxygens (including phenoxy) is 2. The lowest BCUT2D eigenvalue weighted by Crippen LogP contribution is -2.57. The lowest BCUT2D eigenvalue weighted by Gasteiger charge is -2.36. The van der Waals surface area contributed by atoms with E-state index >= 15 is 0 Å². The maximum atomic E-state index is 13.3. The standard InChI is InChI=1S/C27H27ClN6O3/c1-3-37-23-10-7-17(13-24(23)36-2)20-8-9-21-25(33-20)26(31-16-30-21)34-12-11-29-15-22(34)27(35)32-19-6-4-5-18(28)14-19/h4-10,13-14,16,22,29H,3,11-12,15H2,1-2H3,(H,32,35). The Morgan fingerprint density at radius 2 is 2.05 bits per heavy atom. The third-order valence-corrected chi connectivity index (χ3v) is 6.37. The Labute approximate surface area is 219 Å². The van der Waals surface area contributed by atoms with E-state index in [1.807, 2.05) is 48.2 Å². The molecule has 9 nitrogen and oxygen atoms in total. The Kier molecular flexibility index (Phi) is 7.34. The number of rotatable bonds is 7. The molecule has 1 fully saturated rings. The number of benzene rings is 2. The van der Waals surface area contributed by atoms with Crippen LogP contribution in [-0.2, 0) is 4.79 Å². The topological polar surface area (TPSA) is 102 Å². The lowest BCUT2D eigenvalue weighted by atomic mass is 10.1. The smallest absolute Gasteiger partial charge is 0.248 e. The van der Waals surface area contributed by atoms with Gasteiger partial charge in [-0.1, -0.05) is 17.7 Å². The molecular formula is C27H27ClN6O3. The van der Waals surface area contributed by atoms with E-state index in [1.54, 1.807) is 25.3 Å². The Hall–Kier alpha value is -3.95. The molecule has 190 valence electrons. The van der Waals surface area contributed by atoms with Gasteiger partial charge < -0.3 is 25.0 Å². The molecule has 1 saturated heterocycles. The minimum atomic E-state index is -0.498. The molecule has 1 aliphatic rings. The fraction of sp³-hybridized carbons (Fsp3) is 0.259. The maximum Gasteiger partial charge on any atom is 0.248 e. The Balaban J connectivity index is 1.50. The van der Waals surface area contributed by atoms with Gasteiger partial charge in [-0.25, -0.2) is 15.0 Å². The highest BCUT2D eigenvalue weighted by Gasteiger charge is 2.31. The lowest BCUT2D eigenvalue weighted by molar-refractivity contribution is -0.117. The summed E-state index contributed by atoms with van der Waals surface area (Å²) in [6.07, 6.45) is 1.51. The summed E-state index contributed by atoms with van der Waals surface area (Å²) in [6, 6.07) is 16.1. The van der Waals surface area contributed by atoms with E-state index in [-0.39, 0.29) is 5.91 Å². The van der Waals surface area contributed by atoms with E-state index < -0.39 is 6.04 Å². The zero-order valence-electron chi connectivity index (χ0n) is 20.6. The molecule has 1 aliphatic heterocycles. The molecule has 2 aromatic carbocycles. The second-order valence-electron chi connectivity index (χ2n) is 8.47. The van der Waals surface area contributed by atoms with Crippen molar-refractivity contribution in [2.45, 2.75) is 13.0 Å². The number of amides is 1. The van der Waals surface area contributed by atoms with Crippen LogP contribution in [0.2, 0.25) is 5.02 Å². The fourth-order valence-electron chi connectivity index (χ4n) is 4.38. The zero-order valence-corrected chi connectivity index (χ0v) is 21.3. The molecule has 5 rings (SSSR count). The summed E-state index contributed by atoms with van der Waals surface area (Å²) >= 11 is 6.10. The number of carbonyl (C=O) groups excluding carboxylic acids is 1.